The molecular formula is C28H24F3N3O5. The molecule has 0 unspecified atom stereocenters. The van der Waals surface area contributed by atoms with Gasteiger partial charge in [0.15, 0.2) is 11.5 Å². The number of hydrogen-bond acceptors (Lipinski definition) is 7. The molecule has 1 fully saturated rings. The van der Waals surface area contributed by atoms with Gasteiger partial charge in [0.1, 0.15) is 5.75 Å². The van der Waals surface area contributed by atoms with Crippen molar-refractivity contribution in [3.8, 4) is 17.2 Å². The fourth-order valence-corrected chi connectivity index (χ4v) is 5.15. The summed E-state index contributed by atoms with van der Waals surface area (Å²) in [5.74, 6) is 0.321. The van der Waals surface area contributed by atoms with E-state index in [0.717, 1.165) is 16.8 Å². The third-order valence-corrected chi connectivity index (χ3v) is 7.03. The summed E-state index contributed by atoms with van der Waals surface area (Å²) < 4.78 is 51.9. The van der Waals surface area contributed by atoms with E-state index < -0.39 is 6.36 Å². The molecule has 2 amide bonds. The van der Waals surface area contributed by atoms with E-state index >= 15 is 0 Å². The molecule has 39 heavy (non-hydrogen) atoms. The van der Waals surface area contributed by atoms with E-state index in [1.807, 2.05) is 12.1 Å². The second-order valence-corrected chi connectivity index (χ2v) is 9.54. The summed E-state index contributed by atoms with van der Waals surface area (Å²) in [4.78, 5) is 32.2. The Labute approximate surface area is 222 Å². The average Bonchev–Trinajstić information content (AvgIpc) is 3.48. The monoisotopic (exact) mass is 539 g/mol. The van der Waals surface area contributed by atoms with E-state index in [1.165, 1.54) is 17.0 Å². The molecule has 0 spiro atoms. The first-order valence-electron chi connectivity index (χ1n) is 12.4. The number of amides is 2. The maximum absolute atomic E-state index is 13.5. The zero-order valence-electron chi connectivity index (χ0n) is 20.7. The SMILES string of the molecule is O=C1c2cccc(N3CCN(Cc4ccc(OC(F)(F)F)cc4)CC3)c2C(=O)N1Cc1ccc2c(c1)OCO2. The van der Waals surface area contributed by atoms with Gasteiger partial charge in [-0.2, -0.15) is 0 Å². The highest BCUT2D eigenvalue weighted by Gasteiger charge is 2.39. The largest absolute Gasteiger partial charge is 0.573 e. The number of carbonyl (C=O) groups excluding carboxylic acids is 2. The Morgan fingerprint density at radius 2 is 1.51 bits per heavy atom. The Kier molecular flexibility index (Phi) is 6.30. The number of imide groups is 1. The summed E-state index contributed by atoms with van der Waals surface area (Å²) in [6.07, 6.45) is -4.72. The predicted molar refractivity (Wildman–Crippen MR) is 134 cm³/mol. The molecule has 8 nitrogen and oxygen atoms in total. The van der Waals surface area contributed by atoms with Crippen LogP contribution < -0.4 is 19.1 Å². The van der Waals surface area contributed by atoms with E-state index in [4.69, 9.17) is 9.47 Å². The first kappa shape index (κ1) is 25.1. The van der Waals surface area contributed by atoms with Gasteiger partial charge in [-0.25, -0.2) is 0 Å². The van der Waals surface area contributed by atoms with Crippen molar-refractivity contribution >= 4 is 17.5 Å². The third-order valence-electron chi connectivity index (χ3n) is 7.03. The number of halogens is 3. The molecule has 3 aliphatic heterocycles. The van der Waals surface area contributed by atoms with Crippen LogP contribution in [0.25, 0.3) is 0 Å². The van der Waals surface area contributed by atoms with Crippen molar-refractivity contribution in [1.82, 2.24) is 9.80 Å². The van der Waals surface area contributed by atoms with Crippen LogP contribution in [0.3, 0.4) is 0 Å². The van der Waals surface area contributed by atoms with Gasteiger partial charge in [0.2, 0.25) is 6.79 Å². The molecule has 11 heteroatoms. The van der Waals surface area contributed by atoms with Gasteiger partial charge in [-0.15, -0.1) is 13.2 Å². The minimum Gasteiger partial charge on any atom is -0.454 e. The average molecular weight is 540 g/mol. The Balaban J connectivity index is 1.11. The molecular weight excluding hydrogens is 515 g/mol. The lowest BCUT2D eigenvalue weighted by atomic mass is 10.1. The maximum Gasteiger partial charge on any atom is 0.573 e. The smallest absolute Gasteiger partial charge is 0.454 e. The first-order chi connectivity index (χ1) is 18.7. The summed E-state index contributed by atoms with van der Waals surface area (Å²) >= 11 is 0. The molecule has 0 aliphatic carbocycles. The highest BCUT2D eigenvalue weighted by atomic mass is 19.4. The highest BCUT2D eigenvalue weighted by molar-refractivity contribution is 6.23. The molecule has 3 aromatic carbocycles. The molecule has 0 aromatic heterocycles. The second kappa shape index (κ2) is 9.81. The summed E-state index contributed by atoms with van der Waals surface area (Å²) in [7, 11) is 0. The van der Waals surface area contributed by atoms with Crippen LogP contribution in [0.5, 0.6) is 17.2 Å². The van der Waals surface area contributed by atoms with Crippen molar-refractivity contribution in [3.05, 3.63) is 82.9 Å². The zero-order chi connectivity index (χ0) is 27.1. The number of carbonyl (C=O) groups is 2. The summed E-state index contributed by atoms with van der Waals surface area (Å²) in [5.41, 5.74) is 3.17. The number of piperazine rings is 1. The van der Waals surface area contributed by atoms with Crippen LogP contribution in [0.15, 0.2) is 60.7 Å². The van der Waals surface area contributed by atoms with E-state index in [1.54, 1.807) is 36.4 Å². The molecule has 3 aliphatic rings. The van der Waals surface area contributed by atoms with Crippen LogP contribution in [0.2, 0.25) is 0 Å². The normalized spacial score (nSPS) is 17.1. The van der Waals surface area contributed by atoms with Crippen LogP contribution in [0, 0.1) is 0 Å². The van der Waals surface area contributed by atoms with Crippen molar-refractivity contribution in [2.24, 2.45) is 0 Å². The number of rotatable bonds is 6. The summed E-state index contributed by atoms with van der Waals surface area (Å²) in [6.45, 7) is 3.49. The molecule has 0 bridgehead atoms. The molecule has 0 atom stereocenters. The first-order valence-corrected chi connectivity index (χ1v) is 12.4. The Morgan fingerprint density at radius 1 is 0.795 bits per heavy atom. The van der Waals surface area contributed by atoms with Crippen molar-refractivity contribution in [2.45, 2.75) is 19.5 Å². The zero-order valence-corrected chi connectivity index (χ0v) is 20.7. The number of alkyl halides is 3. The number of hydrogen-bond donors (Lipinski definition) is 0. The number of benzene rings is 3. The fourth-order valence-electron chi connectivity index (χ4n) is 5.15. The third kappa shape index (κ3) is 5.09. The predicted octanol–water partition coefficient (Wildman–Crippen LogP) is 4.43. The highest BCUT2D eigenvalue weighted by Crippen LogP contribution is 2.36. The van der Waals surface area contributed by atoms with Gasteiger partial charge < -0.3 is 19.1 Å². The van der Waals surface area contributed by atoms with Gasteiger partial charge in [-0.3, -0.25) is 19.4 Å². The van der Waals surface area contributed by atoms with E-state index in [2.05, 4.69) is 14.5 Å². The van der Waals surface area contributed by atoms with Crippen LogP contribution in [-0.4, -0.2) is 60.9 Å². The molecule has 0 radical (unpaired) electrons. The Bertz CT molecular complexity index is 1420. The lowest BCUT2D eigenvalue weighted by molar-refractivity contribution is -0.274. The molecule has 1 saturated heterocycles. The topological polar surface area (TPSA) is 71.6 Å². The number of fused-ring (bicyclic) bond motifs is 2. The summed E-state index contributed by atoms with van der Waals surface area (Å²) in [6, 6.07) is 16.6. The maximum atomic E-state index is 13.5. The molecule has 0 N–H and O–H groups in total. The minimum absolute atomic E-state index is 0.128. The molecule has 202 valence electrons. The lowest BCUT2D eigenvalue weighted by Crippen LogP contribution is -2.46. The number of ether oxygens (including phenoxy) is 3. The van der Waals surface area contributed by atoms with Gasteiger partial charge in [0.05, 0.1) is 23.4 Å². The van der Waals surface area contributed by atoms with Crippen molar-refractivity contribution in [1.29, 1.82) is 0 Å². The van der Waals surface area contributed by atoms with Crippen molar-refractivity contribution < 1.29 is 37.0 Å². The van der Waals surface area contributed by atoms with Gasteiger partial charge in [-0.1, -0.05) is 24.3 Å². The van der Waals surface area contributed by atoms with Crippen LogP contribution in [0.4, 0.5) is 18.9 Å². The van der Waals surface area contributed by atoms with Gasteiger partial charge >= 0.3 is 6.36 Å². The Hall–Kier alpha value is -4.25. The number of nitrogens with zero attached hydrogens (tertiary/aromatic N) is 3. The van der Waals surface area contributed by atoms with E-state index in [0.29, 0.717) is 55.3 Å². The molecule has 6 rings (SSSR count). The van der Waals surface area contributed by atoms with Gasteiger partial charge in [0, 0.05) is 32.7 Å². The quantitative estimate of drug-likeness (QED) is 0.429. The summed E-state index contributed by atoms with van der Waals surface area (Å²) in [5, 5.41) is 0. The fraction of sp³-hybridized carbons (Fsp3) is 0.286. The van der Waals surface area contributed by atoms with Crippen LogP contribution in [-0.2, 0) is 13.1 Å². The molecule has 0 saturated carbocycles. The molecule has 3 aromatic rings. The van der Waals surface area contributed by atoms with Gasteiger partial charge in [-0.05, 0) is 47.5 Å². The lowest BCUT2D eigenvalue weighted by Gasteiger charge is -2.36. The van der Waals surface area contributed by atoms with Crippen LogP contribution in [0.1, 0.15) is 31.8 Å². The minimum atomic E-state index is -4.72. The van der Waals surface area contributed by atoms with E-state index in [9.17, 15) is 22.8 Å². The Morgan fingerprint density at radius 3 is 2.26 bits per heavy atom. The second-order valence-electron chi connectivity index (χ2n) is 9.54. The van der Waals surface area contributed by atoms with E-state index in [-0.39, 0.29) is 30.9 Å². The number of anilines is 1. The van der Waals surface area contributed by atoms with Gasteiger partial charge in [0.25, 0.3) is 11.8 Å². The van der Waals surface area contributed by atoms with Crippen molar-refractivity contribution in [2.75, 3.05) is 37.9 Å². The molecule has 3 heterocycles. The van der Waals surface area contributed by atoms with Crippen LogP contribution >= 0.6 is 0 Å². The van der Waals surface area contributed by atoms with Crippen molar-refractivity contribution in [3.63, 3.8) is 0 Å². The standard InChI is InChI=1S/C28H24F3N3O5/c29-28(30,31)39-20-7-4-18(5-8-20)15-32-10-12-33(13-11-32)22-3-1-2-21-25(22)27(36)34(26(21)35)16-19-6-9-23-24(14-19)38-17-37-23/h1-9,14H,10-13,15-17H2.